The van der Waals surface area contributed by atoms with Crippen LogP contribution in [0.4, 0.5) is 0 Å². The Labute approximate surface area is 369 Å². The molecule has 13 atom stereocenters. The number of carbonyl (C=O) groups is 4. The first-order valence-corrected chi connectivity index (χ1v) is 23.4. The lowest BCUT2D eigenvalue weighted by Gasteiger charge is -2.60. The number of carboxylic acid groups (broad SMARTS) is 1. The van der Waals surface area contributed by atoms with Gasteiger partial charge in [0, 0.05) is 39.1 Å². The van der Waals surface area contributed by atoms with Crippen LogP contribution in [0.3, 0.4) is 0 Å². The van der Waals surface area contributed by atoms with Crippen LogP contribution in [0.25, 0.3) is 0 Å². The highest BCUT2D eigenvalue weighted by Crippen LogP contribution is 2.71. The molecule has 8 aliphatic carbocycles. The molecule has 1 aliphatic heterocycles. The number of benzene rings is 1. The van der Waals surface area contributed by atoms with Gasteiger partial charge in [0.15, 0.2) is 12.1 Å². The molecule has 7 saturated carbocycles. The van der Waals surface area contributed by atoms with Crippen molar-refractivity contribution in [1.29, 1.82) is 0 Å². The Hall–Kier alpha value is -3.22. The van der Waals surface area contributed by atoms with Gasteiger partial charge in [-0.05, 0) is 107 Å². The molecule has 10 rings (SSSR count). The summed E-state index contributed by atoms with van der Waals surface area (Å²) in [7, 11) is 0. The van der Waals surface area contributed by atoms with E-state index in [1.807, 2.05) is 30.3 Å². The van der Waals surface area contributed by atoms with E-state index in [9.17, 15) is 44.7 Å². The number of allylic oxidation sites excluding steroid dienone is 4. The van der Waals surface area contributed by atoms with Crippen molar-refractivity contribution in [3.05, 3.63) is 53.6 Å². The number of rotatable bonds is 14. The van der Waals surface area contributed by atoms with Crippen LogP contribution < -0.4 is 20.7 Å². The topological polar surface area (TPSA) is 233 Å². The molecule has 338 valence electrons. The number of ether oxygens (including phenoxy) is 3. The van der Waals surface area contributed by atoms with Crippen molar-refractivity contribution >= 4 is 39.5 Å². The van der Waals surface area contributed by atoms with Gasteiger partial charge in [0.2, 0.25) is 11.8 Å². The lowest BCUT2D eigenvalue weighted by Crippen LogP contribution is -2.64. The van der Waals surface area contributed by atoms with Crippen molar-refractivity contribution in [2.45, 2.75) is 144 Å². The van der Waals surface area contributed by atoms with Crippen molar-refractivity contribution in [1.82, 2.24) is 16.0 Å². The summed E-state index contributed by atoms with van der Waals surface area (Å²) in [4.78, 5) is 50.5. The molecule has 8 N–H and O–H groups in total. The van der Waals surface area contributed by atoms with Crippen LogP contribution in [0, 0.1) is 34.5 Å². The first-order chi connectivity index (χ1) is 29.4. The molecular weight excluding hydrogens is 866 g/mol. The van der Waals surface area contributed by atoms with E-state index in [1.165, 1.54) is 0 Å². The number of fused-ring (bicyclic) bond motifs is 10. The maximum absolute atomic E-state index is 13.9. The maximum Gasteiger partial charge on any atom is 0.303 e. The fourth-order valence-corrected chi connectivity index (χ4v) is 13.9. The monoisotopic (exact) mass is 925 g/mol. The predicted octanol–water partition coefficient (Wildman–Crippen LogP) is 3.07. The average Bonchev–Trinajstić information content (AvgIpc) is 3.67. The van der Waals surface area contributed by atoms with Crippen LogP contribution in [0.2, 0.25) is 0 Å². The minimum Gasteiger partial charge on any atom is -0.487 e. The normalized spacial score (nSPS) is 43.3. The van der Waals surface area contributed by atoms with E-state index < -0.39 is 88.3 Å². The average molecular weight is 927 g/mol. The lowest BCUT2D eigenvalue weighted by atomic mass is 9.46. The van der Waals surface area contributed by atoms with E-state index in [-0.39, 0.29) is 54.2 Å². The molecule has 0 radical (unpaired) electrons. The fraction of sp³-hybridized carbons (Fsp3) is 0.696. The highest BCUT2D eigenvalue weighted by atomic mass is 79.9. The SMILES string of the molecule is C[C@]12C=CC(=O)C=C1CC[C@@H]1[C@@H]2[C@@H](O)C[C@@]2(C)[C@H]1CC1O[C@@H](c3ccc(OC45CCC(NC(=O)C6(NC(=O)CNC(O)CBr)CC6CC(=O)O)(CC4)CC5)cc3)O[C@]12C(O)CO. The Kier molecular flexibility index (Phi) is 11.2. The molecule has 62 heavy (non-hydrogen) atoms. The lowest BCUT2D eigenvalue weighted by molar-refractivity contribution is -0.231. The van der Waals surface area contributed by atoms with E-state index in [0.29, 0.717) is 57.1 Å². The van der Waals surface area contributed by atoms with E-state index in [4.69, 9.17) is 14.2 Å². The number of hydrogen-bond donors (Lipinski definition) is 8. The summed E-state index contributed by atoms with van der Waals surface area (Å²) in [5.41, 5.74) is -2.84. The van der Waals surface area contributed by atoms with Crippen LogP contribution in [0.5, 0.6) is 5.75 Å². The third-order valence-electron chi connectivity index (χ3n) is 17.0. The van der Waals surface area contributed by atoms with Crippen LogP contribution >= 0.6 is 15.9 Å². The molecule has 9 aliphatic rings. The summed E-state index contributed by atoms with van der Waals surface area (Å²) in [6.07, 6.45) is 7.66. The Morgan fingerprint density at radius 3 is 2.39 bits per heavy atom. The summed E-state index contributed by atoms with van der Waals surface area (Å²) in [5, 5.41) is 62.3. The maximum atomic E-state index is 13.9. The predicted molar refractivity (Wildman–Crippen MR) is 225 cm³/mol. The molecule has 1 saturated heterocycles. The Balaban J connectivity index is 0.845. The minimum absolute atomic E-state index is 0.0162. The van der Waals surface area contributed by atoms with Crippen LogP contribution in [-0.2, 0) is 28.7 Å². The third kappa shape index (κ3) is 7.01. The molecule has 1 aromatic carbocycles. The van der Waals surface area contributed by atoms with E-state index in [1.54, 1.807) is 12.2 Å². The number of carboxylic acids is 1. The number of aliphatic carboxylic acids is 1. The molecule has 0 spiro atoms. The second kappa shape index (κ2) is 15.7. The molecular formula is C46H60BrN3O12. The molecule has 15 nitrogen and oxygen atoms in total. The quantitative estimate of drug-likeness (QED) is 0.0992. The summed E-state index contributed by atoms with van der Waals surface area (Å²) in [5.74, 6) is -1.73. The van der Waals surface area contributed by atoms with Gasteiger partial charge in [-0.1, -0.05) is 53.6 Å². The number of ketones is 1. The van der Waals surface area contributed by atoms with Crippen LogP contribution in [-0.4, -0.2) is 114 Å². The summed E-state index contributed by atoms with van der Waals surface area (Å²) in [6, 6.07) is 7.58. The summed E-state index contributed by atoms with van der Waals surface area (Å²) < 4.78 is 20.3. The van der Waals surface area contributed by atoms with Gasteiger partial charge in [-0.2, -0.15) is 0 Å². The van der Waals surface area contributed by atoms with E-state index in [0.717, 1.165) is 24.0 Å². The van der Waals surface area contributed by atoms with Gasteiger partial charge in [0.1, 0.15) is 34.8 Å². The van der Waals surface area contributed by atoms with Crippen molar-refractivity contribution in [2.75, 3.05) is 18.5 Å². The summed E-state index contributed by atoms with van der Waals surface area (Å²) in [6.45, 7) is 3.47. The van der Waals surface area contributed by atoms with Crippen LogP contribution in [0.15, 0.2) is 48.1 Å². The molecule has 16 heteroatoms. The standard InChI is InChI=1S/C46H60BrN3O12/c1-41-10-9-28(52)17-26(41)5-8-30-31-19-34-46(33(54)24-51,42(31,2)21-32(53)38(30)41)62-39(60-34)25-3-6-29(7-4-25)61-44-14-11-43(12-15-44,13-16-44)50-40(59)45(20-27(45)18-37(57)58)49-36(56)23-48-35(55)22-47/h3-4,6-7,9-10,17,27,30-35,38-39,48,51,53-55H,5,8,11-16,18-24H2,1-2H3,(H,49,56)(H,50,59)(H,57,58)/t27?,30-,31-,32-,33?,34?,35?,38+,39+,41-,42-,43?,44?,45?,46+/m0/s1. The summed E-state index contributed by atoms with van der Waals surface area (Å²) >= 11 is 3.13. The number of amides is 2. The Bertz CT molecular complexity index is 2020. The first kappa shape index (κ1) is 44.0. The zero-order valence-electron chi connectivity index (χ0n) is 35.3. The number of alkyl halides is 1. The highest BCUT2D eigenvalue weighted by molar-refractivity contribution is 9.09. The molecule has 5 unspecified atom stereocenters. The number of aliphatic hydroxyl groups is 4. The number of hydrogen-bond acceptors (Lipinski definition) is 12. The van der Waals surface area contributed by atoms with Crippen molar-refractivity contribution < 1.29 is 58.9 Å². The zero-order valence-corrected chi connectivity index (χ0v) is 36.9. The van der Waals surface area contributed by atoms with Gasteiger partial charge in [-0.3, -0.25) is 24.5 Å². The van der Waals surface area contributed by atoms with Gasteiger partial charge in [0.25, 0.3) is 0 Å². The second-order valence-electron chi connectivity index (χ2n) is 20.2. The number of nitrogens with one attached hydrogen (secondary N) is 3. The fourth-order valence-electron chi connectivity index (χ4n) is 13.6. The first-order valence-electron chi connectivity index (χ1n) is 22.3. The molecule has 0 aromatic heterocycles. The molecule has 1 aromatic rings. The molecule has 8 fully saturated rings. The van der Waals surface area contributed by atoms with Gasteiger partial charge in [0.05, 0.1) is 31.8 Å². The van der Waals surface area contributed by atoms with Crippen molar-refractivity contribution in [2.24, 2.45) is 34.5 Å². The van der Waals surface area contributed by atoms with Crippen LogP contribution in [0.1, 0.15) is 103 Å². The molecule has 2 bridgehead atoms. The smallest absolute Gasteiger partial charge is 0.303 e. The zero-order chi connectivity index (χ0) is 44.0. The number of aliphatic hydroxyl groups excluding tert-OH is 4. The van der Waals surface area contributed by atoms with E-state index in [2.05, 4.69) is 45.7 Å². The largest absolute Gasteiger partial charge is 0.487 e. The Morgan fingerprint density at radius 2 is 1.73 bits per heavy atom. The highest BCUT2D eigenvalue weighted by Gasteiger charge is 2.75. The van der Waals surface area contributed by atoms with E-state index >= 15 is 0 Å². The van der Waals surface area contributed by atoms with Crippen molar-refractivity contribution in [3.8, 4) is 5.75 Å². The van der Waals surface area contributed by atoms with Gasteiger partial charge >= 0.3 is 5.97 Å². The minimum atomic E-state index is -1.32. The number of halogens is 1. The third-order valence-corrected chi connectivity index (χ3v) is 17.6. The molecule has 2 amide bonds. The van der Waals surface area contributed by atoms with Gasteiger partial charge in [-0.25, -0.2) is 0 Å². The second-order valence-corrected chi connectivity index (χ2v) is 20.8. The molecule has 1 heterocycles. The van der Waals surface area contributed by atoms with Gasteiger partial charge in [-0.15, -0.1) is 0 Å². The van der Waals surface area contributed by atoms with Gasteiger partial charge < -0.3 is 50.4 Å². The number of carbonyl (C=O) groups excluding carboxylic acids is 3. The van der Waals surface area contributed by atoms with Crippen molar-refractivity contribution in [3.63, 3.8) is 0 Å². The Morgan fingerprint density at radius 1 is 1.02 bits per heavy atom.